The van der Waals surface area contributed by atoms with Crippen LogP contribution in [0, 0.1) is 17.8 Å². The van der Waals surface area contributed by atoms with Gasteiger partial charge in [-0.1, -0.05) is 42.8 Å². The number of carbonyl (C=O) groups excluding carboxylic acids is 1. The number of hydrogen-bond donors (Lipinski definition) is 2. The number of nitrogens with zero attached hydrogens (tertiary/aromatic N) is 2. The fraction of sp³-hybridized carbons (Fsp3) is 0.535. The van der Waals surface area contributed by atoms with Crippen LogP contribution >= 0.6 is 0 Å². The fourth-order valence-corrected chi connectivity index (χ4v) is 8.54. The van der Waals surface area contributed by atoms with Gasteiger partial charge in [0.25, 0.3) is 5.91 Å². The first-order valence-electron chi connectivity index (χ1n) is 19.2. The maximum atomic E-state index is 14.6. The molecule has 2 heterocycles. The van der Waals surface area contributed by atoms with Crippen LogP contribution in [0.15, 0.2) is 78.5 Å². The smallest absolute Gasteiger partial charge is 0.254 e. The van der Waals surface area contributed by atoms with Crippen molar-refractivity contribution < 1.29 is 43.5 Å². The first-order valence-corrected chi connectivity index (χ1v) is 19.2. The molecule has 1 amide bonds. The molecule has 1 fully saturated rings. The molecular formula is C43H56N2O9. The Morgan fingerprint density at radius 1 is 0.981 bits per heavy atom. The zero-order chi connectivity index (χ0) is 38.5. The second-order valence-corrected chi connectivity index (χ2v) is 15.6. The highest BCUT2D eigenvalue weighted by atomic mass is 16.7. The van der Waals surface area contributed by atoms with E-state index in [2.05, 4.69) is 25.3 Å². The molecule has 0 aromatic heterocycles. The van der Waals surface area contributed by atoms with Gasteiger partial charge in [-0.2, -0.15) is 0 Å². The molecule has 1 saturated carbocycles. The highest BCUT2D eigenvalue weighted by Gasteiger charge is 2.65. The number of fused-ring (bicyclic) bond motifs is 3. The summed E-state index contributed by atoms with van der Waals surface area (Å²) in [5.74, 6) is 0.540. The average Bonchev–Trinajstić information content (AvgIpc) is 3.64. The quantitative estimate of drug-likeness (QED) is 0.0984. The number of aliphatic hydroxyl groups excluding tert-OH is 2. The molecule has 11 heteroatoms. The predicted molar refractivity (Wildman–Crippen MR) is 206 cm³/mol. The monoisotopic (exact) mass is 744 g/mol. The Hall–Kier alpha value is -4.32. The van der Waals surface area contributed by atoms with Crippen molar-refractivity contribution >= 4 is 11.6 Å². The van der Waals surface area contributed by atoms with Gasteiger partial charge in [0.05, 0.1) is 18.2 Å². The Morgan fingerprint density at radius 3 is 2.43 bits per heavy atom. The minimum absolute atomic E-state index is 0.101. The number of oxime groups is 1. The van der Waals surface area contributed by atoms with E-state index in [0.717, 1.165) is 42.5 Å². The third-order valence-electron chi connectivity index (χ3n) is 10.8. The molecule has 0 saturated heterocycles. The van der Waals surface area contributed by atoms with Crippen LogP contribution < -0.4 is 18.9 Å². The highest BCUT2D eigenvalue weighted by molar-refractivity contribution is 6.03. The first kappa shape index (κ1) is 39.4. The van der Waals surface area contributed by atoms with E-state index in [1.165, 1.54) is 0 Å². The molecule has 0 bridgehead atoms. The van der Waals surface area contributed by atoms with Crippen molar-refractivity contribution in [2.24, 2.45) is 22.9 Å². The Labute approximate surface area is 319 Å². The molecule has 54 heavy (non-hydrogen) atoms. The summed E-state index contributed by atoms with van der Waals surface area (Å²) in [6, 6.07) is 10.5. The summed E-state index contributed by atoms with van der Waals surface area (Å²) in [6.45, 7) is 14.6. The summed E-state index contributed by atoms with van der Waals surface area (Å²) < 4.78 is 31.4. The number of ether oxygens (including phenoxy) is 5. The van der Waals surface area contributed by atoms with Gasteiger partial charge < -0.3 is 43.6 Å². The van der Waals surface area contributed by atoms with Gasteiger partial charge in [-0.25, -0.2) is 0 Å². The molecule has 6 atom stereocenters. The molecule has 0 spiro atoms. The zero-order valence-electron chi connectivity index (χ0n) is 32.1. The molecule has 6 unspecified atom stereocenters. The number of amides is 1. The summed E-state index contributed by atoms with van der Waals surface area (Å²) in [4.78, 5) is 22.5. The van der Waals surface area contributed by atoms with E-state index in [4.69, 9.17) is 33.7 Å². The standard InChI is InChI=1S/C43H56N2O9/c1-7-21-49-30-16-18-35-33(25-30)39-31(14-10-12-20-47)28(13-9-11-19-46)23-32-34(44-54-42(3,4)5)26-38(43(53-35,40(32)39)52-22-8-2)45(6)41(48)29-15-17-36-37(24-29)51-27-50-36/h7-8,15-18,23-25,28,31,38-40,46-47H,1-2,9-14,19-22,26-27H2,3-6H3. The molecule has 2 aromatic carbocycles. The van der Waals surface area contributed by atoms with Gasteiger partial charge in [-0.3, -0.25) is 4.79 Å². The van der Waals surface area contributed by atoms with Crippen LogP contribution in [0.25, 0.3) is 0 Å². The molecule has 2 N–H and O–H groups in total. The van der Waals surface area contributed by atoms with Crippen LogP contribution in [0.3, 0.4) is 0 Å². The molecular weight excluding hydrogens is 688 g/mol. The van der Waals surface area contributed by atoms with Gasteiger partial charge in [0, 0.05) is 43.7 Å². The van der Waals surface area contributed by atoms with E-state index in [1.807, 2.05) is 32.9 Å². The predicted octanol–water partition coefficient (Wildman–Crippen LogP) is 7.18. The third-order valence-corrected chi connectivity index (χ3v) is 10.8. The van der Waals surface area contributed by atoms with Crippen LogP contribution in [-0.2, 0) is 9.57 Å². The molecule has 4 aliphatic rings. The van der Waals surface area contributed by atoms with Gasteiger partial charge >= 0.3 is 0 Å². The first-order chi connectivity index (χ1) is 26.0. The van der Waals surface area contributed by atoms with Crippen LogP contribution in [0.2, 0.25) is 0 Å². The Bertz CT molecular complexity index is 1730. The second-order valence-electron chi connectivity index (χ2n) is 15.6. The number of rotatable bonds is 17. The van der Waals surface area contributed by atoms with E-state index < -0.39 is 23.3 Å². The van der Waals surface area contributed by atoms with Crippen molar-refractivity contribution in [3.05, 3.63) is 84.5 Å². The van der Waals surface area contributed by atoms with Crippen LogP contribution in [0.4, 0.5) is 0 Å². The van der Waals surface area contributed by atoms with Crippen LogP contribution in [0.5, 0.6) is 23.0 Å². The molecule has 2 aromatic rings. The van der Waals surface area contributed by atoms with E-state index >= 15 is 0 Å². The lowest BCUT2D eigenvalue weighted by Gasteiger charge is -2.59. The lowest BCUT2D eigenvalue weighted by Crippen LogP contribution is -2.69. The van der Waals surface area contributed by atoms with E-state index in [1.54, 1.807) is 42.3 Å². The third kappa shape index (κ3) is 8.04. The van der Waals surface area contributed by atoms with E-state index in [9.17, 15) is 15.0 Å². The molecule has 6 rings (SSSR count). The summed E-state index contributed by atoms with van der Waals surface area (Å²) >= 11 is 0. The number of hydrogen-bond acceptors (Lipinski definition) is 10. The fourth-order valence-electron chi connectivity index (χ4n) is 8.54. The van der Waals surface area contributed by atoms with Crippen molar-refractivity contribution in [2.75, 3.05) is 40.3 Å². The number of allylic oxidation sites excluding steroid dienone is 1. The Balaban J connectivity index is 1.57. The maximum absolute atomic E-state index is 14.6. The van der Waals surface area contributed by atoms with Gasteiger partial charge in [0.1, 0.15) is 29.7 Å². The maximum Gasteiger partial charge on any atom is 0.254 e. The summed E-state index contributed by atoms with van der Waals surface area (Å²) in [5, 5.41) is 24.5. The van der Waals surface area contributed by atoms with Gasteiger partial charge in [-0.15, -0.1) is 6.58 Å². The molecule has 2 aliphatic heterocycles. The number of unbranched alkanes of at least 4 members (excludes halogenated alkanes) is 2. The largest absolute Gasteiger partial charge is 0.490 e. The topological polar surface area (TPSA) is 129 Å². The SMILES string of the molecule is C=CCOc1ccc2c(c1)C1C(CCCCO)C(CCCCO)C=C3C(=NOC(C)(C)C)CC(N(C)C(=O)c4ccc5c(c4)OCO5)C(OCC=C)(O2)C31. The van der Waals surface area contributed by atoms with Crippen molar-refractivity contribution in [2.45, 2.75) is 89.1 Å². The van der Waals surface area contributed by atoms with Crippen LogP contribution in [-0.4, -0.2) is 84.4 Å². The second kappa shape index (κ2) is 17.0. The van der Waals surface area contributed by atoms with Gasteiger partial charge in [0.15, 0.2) is 11.5 Å². The number of carbonyl (C=O) groups is 1. The summed E-state index contributed by atoms with van der Waals surface area (Å²) in [5.41, 5.74) is 2.58. The normalized spacial score (nSPS) is 25.9. The number of benzene rings is 2. The van der Waals surface area contributed by atoms with Gasteiger partial charge in [0.2, 0.25) is 12.6 Å². The lowest BCUT2D eigenvalue weighted by atomic mass is 9.55. The summed E-state index contributed by atoms with van der Waals surface area (Å²) in [6.07, 6.45) is 10.8. The van der Waals surface area contributed by atoms with E-state index in [0.29, 0.717) is 54.4 Å². The molecule has 0 radical (unpaired) electrons. The zero-order valence-corrected chi connectivity index (χ0v) is 32.1. The number of likely N-dealkylation sites (N-methyl/N-ethyl adjacent to an activating group) is 1. The Kier molecular flexibility index (Phi) is 12.4. The van der Waals surface area contributed by atoms with Crippen molar-refractivity contribution in [3.63, 3.8) is 0 Å². The lowest BCUT2D eigenvalue weighted by molar-refractivity contribution is -0.252. The highest BCUT2D eigenvalue weighted by Crippen LogP contribution is 2.62. The minimum atomic E-state index is -1.35. The minimum Gasteiger partial charge on any atom is -0.490 e. The van der Waals surface area contributed by atoms with Gasteiger partial charge in [-0.05, 0) is 100 Å². The van der Waals surface area contributed by atoms with Crippen molar-refractivity contribution in [1.82, 2.24) is 4.90 Å². The van der Waals surface area contributed by atoms with Crippen molar-refractivity contribution in [3.8, 4) is 23.0 Å². The Morgan fingerprint density at radius 2 is 1.70 bits per heavy atom. The molecule has 2 aliphatic carbocycles. The van der Waals surface area contributed by atoms with Crippen LogP contribution in [0.1, 0.15) is 87.6 Å². The van der Waals surface area contributed by atoms with E-state index in [-0.39, 0.29) is 50.3 Å². The summed E-state index contributed by atoms with van der Waals surface area (Å²) in [7, 11) is 1.78. The average molecular weight is 745 g/mol. The molecule has 292 valence electrons. The number of aliphatic hydroxyl groups is 2. The molecule has 11 nitrogen and oxygen atoms in total. The van der Waals surface area contributed by atoms with Crippen molar-refractivity contribution in [1.29, 1.82) is 0 Å².